The Morgan fingerprint density at radius 3 is 2.62 bits per heavy atom. The lowest BCUT2D eigenvalue weighted by Crippen LogP contribution is -2.43. The van der Waals surface area contributed by atoms with Crippen molar-refractivity contribution in [1.29, 1.82) is 0 Å². The Balaban J connectivity index is 1.63. The van der Waals surface area contributed by atoms with Crippen LogP contribution in [0.2, 0.25) is 0 Å². The van der Waals surface area contributed by atoms with E-state index in [9.17, 15) is 5.11 Å². The van der Waals surface area contributed by atoms with E-state index in [1.54, 1.807) is 14.2 Å². The molecule has 0 saturated carbocycles. The monoisotopic (exact) mass is 353 g/mol. The molecular weight excluding hydrogens is 330 g/mol. The summed E-state index contributed by atoms with van der Waals surface area (Å²) in [5, 5.41) is 10.9. The summed E-state index contributed by atoms with van der Waals surface area (Å²) in [5.74, 6) is 2.19. The second-order valence-corrected chi connectivity index (χ2v) is 6.42. The van der Waals surface area contributed by atoms with E-state index < -0.39 is 6.10 Å². The van der Waals surface area contributed by atoms with Gasteiger partial charge in [0.25, 0.3) is 0 Å². The predicted octanol–water partition coefficient (Wildman–Crippen LogP) is 2.82. The molecule has 2 aromatic rings. The molecule has 1 atom stereocenters. The molecule has 0 aromatic heterocycles. The first-order chi connectivity index (χ1) is 12.7. The Hall–Kier alpha value is -2.73. The molecule has 1 N–H and O–H groups in total. The van der Waals surface area contributed by atoms with Gasteiger partial charge in [0, 0.05) is 13.1 Å². The first-order valence-corrected chi connectivity index (χ1v) is 8.81. The van der Waals surface area contributed by atoms with Crippen LogP contribution in [0, 0.1) is 0 Å². The van der Waals surface area contributed by atoms with Gasteiger partial charge in [-0.1, -0.05) is 18.2 Å². The first kappa shape index (κ1) is 16.7. The SMILES string of the molecule is COc1ccc(C(O)CN2C3=NCCCN3c3ccccc32)cc1OC. The molecule has 2 aromatic carbocycles. The smallest absolute Gasteiger partial charge is 0.205 e. The summed E-state index contributed by atoms with van der Waals surface area (Å²) in [6.07, 6.45) is 0.372. The van der Waals surface area contributed by atoms with Crippen molar-refractivity contribution in [3.05, 3.63) is 48.0 Å². The molecule has 6 nitrogen and oxygen atoms in total. The second kappa shape index (κ2) is 6.88. The van der Waals surface area contributed by atoms with E-state index in [4.69, 9.17) is 14.5 Å². The van der Waals surface area contributed by atoms with E-state index >= 15 is 0 Å². The quantitative estimate of drug-likeness (QED) is 0.896. The standard InChI is InChI=1S/C20H23N3O3/c1-25-18-9-8-14(12-19(18)26-2)17(24)13-23-16-7-4-3-6-15(16)22-11-5-10-21-20(22)23/h3-4,6-9,12,17,24H,5,10-11,13H2,1-2H3. The molecule has 0 fully saturated rings. The minimum atomic E-state index is -0.674. The summed E-state index contributed by atoms with van der Waals surface area (Å²) in [6, 6.07) is 13.8. The first-order valence-electron chi connectivity index (χ1n) is 8.81. The summed E-state index contributed by atoms with van der Waals surface area (Å²) in [5.41, 5.74) is 3.04. The molecule has 1 unspecified atom stereocenters. The van der Waals surface area contributed by atoms with Gasteiger partial charge in [0.15, 0.2) is 11.5 Å². The molecule has 2 aliphatic heterocycles. The van der Waals surface area contributed by atoms with Crippen LogP contribution in [0.1, 0.15) is 18.1 Å². The van der Waals surface area contributed by atoms with Gasteiger partial charge in [0.1, 0.15) is 0 Å². The number of para-hydroxylation sites is 2. The van der Waals surface area contributed by atoms with Crippen LogP contribution in [0.3, 0.4) is 0 Å². The van der Waals surface area contributed by atoms with Crippen molar-refractivity contribution < 1.29 is 14.6 Å². The molecule has 0 saturated heterocycles. The summed E-state index contributed by atoms with van der Waals surface area (Å²) >= 11 is 0. The van der Waals surface area contributed by atoms with E-state index in [0.717, 1.165) is 42.4 Å². The van der Waals surface area contributed by atoms with Gasteiger partial charge in [-0.3, -0.25) is 4.99 Å². The van der Waals surface area contributed by atoms with Gasteiger partial charge >= 0.3 is 0 Å². The Morgan fingerprint density at radius 1 is 1.08 bits per heavy atom. The molecule has 26 heavy (non-hydrogen) atoms. The van der Waals surface area contributed by atoms with E-state index in [0.29, 0.717) is 18.0 Å². The van der Waals surface area contributed by atoms with Crippen LogP contribution in [-0.2, 0) is 0 Å². The second-order valence-electron chi connectivity index (χ2n) is 6.42. The lowest BCUT2D eigenvalue weighted by Gasteiger charge is -2.28. The third-order valence-electron chi connectivity index (χ3n) is 4.89. The lowest BCUT2D eigenvalue weighted by atomic mass is 10.1. The number of hydrogen-bond donors (Lipinski definition) is 1. The number of aliphatic imine (C=N–C) groups is 1. The van der Waals surface area contributed by atoms with Crippen molar-refractivity contribution in [2.45, 2.75) is 12.5 Å². The van der Waals surface area contributed by atoms with Crippen LogP contribution in [0.15, 0.2) is 47.5 Å². The minimum absolute atomic E-state index is 0.432. The molecule has 0 bridgehead atoms. The molecule has 6 heteroatoms. The molecule has 0 aliphatic carbocycles. The fourth-order valence-electron chi connectivity index (χ4n) is 3.60. The van der Waals surface area contributed by atoms with Crippen LogP contribution in [-0.4, -0.2) is 44.9 Å². The Morgan fingerprint density at radius 2 is 1.85 bits per heavy atom. The number of β-amino-alcohol motifs (C(OH)–C–C–N with tert-alkyl or cyclic N) is 1. The summed E-state index contributed by atoms with van der Waals surface area (Å²) in [6.45, 7) is 2.21. The van der Waals surface area contributed by atoms with Gasteiger partial charge < -0.3 is 24.4 Å². The number of fused-ring (bicyclic) bond motifs is 3. The van der Waals surface area contributed by atoms with Crippen molar-refractivity contribution in [2.24, 2.45) is 4.99 Å². The number of benzene rings is 2. The largest absolute Gasteiger partial charge is 0.493 e. The number of anilines is 2. The number of aliphatic hydroxyl groups excluding tert-OH is 1. The fraction of sp³-hybridized carbons (Fsp3) is 0.350. The highest BCUT2D eigenvalue weighted by molar-refractivity contribution is 6.16. The maximum Gasteiger partial charge on any atom is 0.205 e. The molecule has 136 valence electrons. The summed E-state index contributed by atoms with van der Waals surface area (Å²) < 4.78 is 10.6. The number of rotatable bonds is 5. The average molecular weight is 353 g/mol. The summed E-state index contributed by atoms with van der Waals surface area (Å²) in [4.78, 5) is 9.05. The van der Waals surface area contributed by atoms with Crippen molar-refractivity contribution in [3.63, 3.8) is 0 Å². The van der Waals surface area contributed by atoms with Crippen LogP contribution in [0.4, 0.5) is 11.4 Å². The van der Waals surface area contributed by atoms with E-state index in [1.165, 1.54) is 0 Å². The number of nitrogens with zero attached hydrogens (tertiary/aromatic N) is 3. The lowest BCUT2D eigenvalue weighted by molar-refractivity contribution is 0.186. The van der Waals surface area contributed by atoms with Gasteiger partial charge in [0.2, 0.25) is 5.96 Å². The Kier molecular flexibility index (Phi) is 4.42. The number of methoxy groups -OCH3 is 2. The molecule has 2 heterocycles. The van der Waals surface area contributed by atoms with Gasteiger partial charge in [-0.2, -0.15) is 0 Å². The van der Waals surface area contributed by atoms with Gasteiger partial charge in [0.05, 0.1) is 38.2 Å². The third kappa shape index (κ3) is 2.76. The molecule has 4 rings (SSSR count). The Bertz CT molecular complexity index is 837. The van der Waals surface area contributed by atoms with Gasteiger partial charge in [-0.05, 0) is 36.2 Å². The van der Waals surface area contributed by atoms with Crippen molar-refractivity contribution in [2.75, 3.05) is 43.7 Å². The van der Waals surface area contributed by atoms with Crippen molar-refractivity contribution >= 4 is 17.3 Å². The van der Waals surface area contributed by atoms with E-state index in [2.05, 4.69) is 21.9 Å². The fourth-order valence-corrected chi connectivity index (χ4v) is 3.60. The number of guanidine groups is 1. The normalized spacial score (nSPS) is 16.7. The zero-order chi connectivity index (χ0) is 18.1. The van der Waals surface area contributed by atoms with Crippen LogP contribution >= 0.6 is 0 Å². The minimum Gasteiger partial charge on any atom is -0.493 e. The van der Waals surface area contributed by atoms with Crippen molar-refractivity contribution in [3.8, 4) is 11.5 Å². The van der Waals surface area contributed by atoms with Crippen LogP contribution in [0.25, 0.3) is 0 Å². The van der Waals surface area contributed by atoms with Crippen molar-refractivity contribution in [1.82, 2.24) is 0 Å². The maximum atomic E-state index is 10.9. The number of ether oxygens (including phenoxy) is 2. The highest BCUT2D eigenvalue weighted by atomic mass is 16.5. The van der Waals surface area contributed by atoms with Gasteiger partial charge in [-0.25, -0.2) is 0 Å². The Labute approximate surface area is 153 Å². The number of aliphatic hydroxyl groups is 1. The zero-order valence-corrected chi connectivity index (χ0v) is 15.1. The molecule has 0 radical (unpaired) electrons. The van der Waals surface area contributed by atoms with Gasteiger partial charge in [-0.15, -0.1) is 0 Å². The average Bonchev–Trinajstić information content (AvgIpc) is 3.01. The molecular formula is C20H23N3O3. The topological polar surface area (TPSA) is 57.5 Å². The number of hydrogen-bond acceptors (Lipinski definition) is 6. The van der Waals surface area contributed by atoms with E-state index in [-0.39, 0.29) is 0 Å². The predicted molar refractivity (Wildman–Crippen MR) is 103 cm³/mol. The zero-order valence-electron chi connectivity index (χ0n) is 15.1. The van der Waals surface area contributed by atoms with E-state index in [1.807, 2.05) is 30.3 Å². The summed E-state index contributed by atoms with van der Waals surface area (Å²) in [7, 11) is 3.20. The van der Waals surface area contributed by atoms with Crippen LogP contribution < -0.4 is 19.3 Å². The molecule has 0 amide bonds. The highest BCUT2D eigenvalue weighted by Gasteiger charge is 2.34. The molecule has 0 spiro atoms. The maximum absolute atomic E-state index is 10.9. The third-order valence-corrected chi connectivity index (χ3v) is 4.89. The highest BCUT2D eigenvalue weighted by Crippen LogP contribution is 2.39. The molecule has 2 aliphatic rings. The van der Waals surface area contributed by atoms with Crippen LogP contribution in [0.5, 0.6) is 11.5 Å².